The minimum absolute atomic E-state index is 0.126. The van der Waals surface area contributed by atoms with Crippen LogP contribution in [0.15, 0.2) is 53.4 Å². The normalized spacial score (nSPS) is 10.3. The van der Waals surface area contributed by atoms with Gasteiger partial charge >= 0.3 is 11.9 Å². The number of esters is 2. The Bertz CT molecular complexity index is 668. The molecular weight excluding hydrogens is 340 g/mol. The molecule has 0 aliphatic rings. The van der Waals surface area contributed by atoms with Gasteiger partial charge in [-0.05, 0) is 37.3 Å². The Morgan fingerprint density at radius 1 is 0.840 bits per heavy atom. The summed E-state index contributed by atoms with van der Waals surface area (Å²) in [4.78, 5) is 24.3. The Labute approximate surface area is 152 Å². The van der Waals surface area contributed by atoms with Crippen molar-refractivity contribution in [3.05, 3.63) is 65.2 Å². The average molecular weight is 360 g/mol. The zero-order valence-corrected chi connectivity index (χ0v) is 14.8. The smallest absolute Gasteiger partial charge is 0.338 e. The van der Waals surface area contributed by atoms with E-state index in [1.54, 1.807) is 42.5 Å². The van der Waals surface area contributed by atoms with Crippen molar-refractivity contribution in [1.29, 1.82) is 0 Å². The van der Waals surface area contributed by atoms with Crippen LogP contribution in [0.25, 0.3) is 0 Å². The monoisotopic (exact) mass is 360 g/mol. The van der Waals surface area contributed by atoms with E-state index < -0.39 is 5.97 Å². The topological polar surface area (TPSA) is 61.8 Å². The summed E-state index contributed by atoms with van der Waals surface area (Å²) in [6, 6.07) is 14.0. The van der Waals surface area contributed by atoms with Crippen LogP contribution < -0.4 is 0 Å². The number of aryl methyl sites for hydroxylation is 1. The van der Waals surface area contributed by atoms with Crippen LogP contribution in [-0.4, -0.2) is 38.4 Å². The molecule has 0 saturated heterocycles. The van der Waals surface area contributed by atoms with Gasteiger partial charge in [-0.25, -0.2) is 9.59 Å². The molecule has 0 N–H and O–H groups in total. The number of thiol groups is 1. The number of benzene rings is 2. The third-order valence-electron chi connectivity index (χ3n) is 3.26. The zero-order chi connectivity index (χ0) is 18.1. The zero-order valence-electron chi connectivity index (χ0n) is 13.9. The van der Waals surface area contributed by atoms with E-state index in [4.69, 9.17) is 14.2 Å². The molecule has 5 nitrogen and oxygen atoms in total. The molecular formula is C19H20O5S. The Morgan fingerprint density at radius 3 is 1.96 bits per heavy atom. The molecule has 0 atom stereocenters. The van der Waals surface area contributed by atoms with Gasteiger partial charge in [-0.15, -0.1) is 12.6 Å². The summed E-state index contributed by atoms with van der Waals surface area (Å²) >= 11 is 4.17. The van der Waals surface area contributed by atoms with E-state index >= 15 is 0 Å². The van der Waals surface area contributed by atoms with Crippen molar-refractivity contribution in [2.24, 2.45) is 0 Å². The molecule has 132 valence electrons. The second-order valence-electron chi connectivity index (χ2n) is 5.30. The molecule has 25 heavy (non-hydrogen) atoms. The maximum Gasteiger partial charge on any atom is 0.338 e. The highest BCUT2D eigenvalue weighted by Crippen LogP contribution is 2.10. The summed E-state index contributed by atoms with van der Waals surface area (Å²) in [5.74, 6) is -0.810. The minimum atomic E-state index is -0.426. The highest BCUT2D eigenvalue weighted by atomic mass is 32.1. The first kappa shape index (κ1) is 19.0. The molecule has 0 spiro atoms. The van der Waals surface area contributed by atoms with E-state index in [0.29, 0.717) is 16.0 Å². The molecule has 0 bridgehead atoms. The highest BCUT2D eigenvalue weighted by molar-refractivity contribution is 7.80. The fourth-order valence-electron chi connectivity index (χ4n) is 2.06. The summed E-state index contributed by atoms with van der Waals surface area (Å²) in [6.45, 7) is 2.65. The second kappa shape index (κ2) is 9.86. The molecule has 6 heteroatoms. The Kier molecular flexibility index (Phi) is 7.50. The van der Waals surface area contributed by atoms with Crippen LogP contribution in [0.2, 0.25) is 0 Å². The number of carbonyl (C=O) groups is 2. The highest BCUT2D eigenvalue weighted by Gasteiger charge is 2.08. The molecule has 0 amide bonds. The largest absolute Gasteiger partial charge is 0.460 e. The predicted octanol–water partition coefficient (Wildman–Crippen LogP) is 3.31. The van der Waals surface area contributed by atoms with Crippen LogP contribution in [0.5, 0.6) is 0 Å². The first-order valence-corrected chi connectivity index (χ1v) is 8.28. The predicted molar refractivity (Wildman–Crippen MR) is 96.3 cm³/mol. The van der Waals surface area contributed by atoms with Crippen molar-refractivity contribution in [2.45, 2.75) is 11.8 Å². The van der Waals surface area contributed by atoms with Crippen LogP contribution in [0.3, 0.4) is 0 Å². The molecule has 0 fully saturated rings. The van der Waals surface area contributed by atoms with Crippen LogP contribution >= 0.6 is 12.6 Å². The van der Waals surface area contributed by atoms with Crippen molar-refractivity contribution in [2.75, 3.05) is 26.4 Å². The van der Waals surface area contributed by atoms with Gasteiger partial charge in [0, 0.05) is 4.90 Å². The van der Waals surface area contributed by atoms with E-state index in [9.17, 15) is 9.59 Å². The van der Waals surface area contributed by atoms with Crippen molar-refractivity contribution in [3.63, 3.8) is 0 Å². The van der Waals surface area contributed by atoms with E-state index in [0.717, 1.165) is 5.56 Å². The maximum atomic E-state index is 11.8. The van der Waals surface area contributed by atoms with Crippen LogP contribution in [-0.2, 0) is 14.2 Å². The number of ether oxygens (including phenoxy) is 3. The van der Waals surface area contributed by atoms with Crippen molar-refractivity contribution in [3.8, 4) is 0 Å². The number of carbonyl (C=O) groups excluding carboxylic acids is 2. The first-order valence-electron chi connectivity index (χ1n) is 7.84. The first-order chi connectivity index (χ1) is 12.1. The van der Waals surface area contributed by atoms with E-state index in [1.165, 1.54) is 0 Å². The molecule has 0 aliphatic carbocycles. The molecule has 2 rings (SSSR count). The third-order valence-corrected chi connectivity index (χ3v) is 3.54. The fraction of sp³-hybridized carbons (Fsp3) is 0.263. The summed E-state index contributed by atoms with van der Waals surface area (Å²) in [5, 5.41) is 0. The second-order valence-corrected chi connectivity index (χ2v) is 5.82. The Balaban J connectivity index is 1.58. The van der Waals surface area contributed by atoms with E-state index in [1.807, 2.05) is 13.0 Å². The lowest BCUT2D eigenvalue weighted by Crippen LogP contribution is -2.14. The molecule has 0 heterocycles. The van der Waals surface area contributed by atoms with Gasteiger partial charge in [0.1, 0.15) is 13.2 Å². The summed E-state index contributed by atoms with van der Waals surface area (Å²) in [7, 11) is 0. The summed E-state index contributed by atoms with van der Waals surface area (Å²) in [6.07, 6.45) is 0. The van der Waals surface area contributed by atoms with Crippen LogP contribution in [0.1, 0.15) is 26.3 Å². The summed E-state index contributed by atoms with van der Waals surface area (Å²) < 4.78 is 15.5. The van der Waals surface area contributed by atoms with Gasteiger partial charge in [0.05, 0.1) is 24.3 Å². The van der Waals surface area contributed by atoms with Crippen molar-refractivity contribution < 1.29 is 23.8 Å². The molecule has 0 saturated carbocycles. The SMILES string of the molecule is Cc1cccc(C(=O)OCCOCCOC(=O)c2cccc(S)c2)c1. The minimum Gasteiger partial charge on any atom is -0.460 e. The Morgan fingerprint density at radius 2 is 1.40 bits per heavy atom. The van der Waals surface area contributed by atoms with E-state index in [-0.39, 0.29) is 32.4 Å². The molecule has 0 radical (unpaired) electrons. The lowest BCUT2D eigenvalue weighted by Gasteiger charge is -2.08. The Hall–Kier alpha value is -2.31. The molecule has 0 aromatic heterocycles. The fourth-order valence-corrected chi connectivity index (χ4v) is 2.29. The molecule has 2 aromatic carbocycles. The molecule has 0 aliphatic heterocycles. The molecule has 0 unspecified atom stereocenters. The van der Waals surface area contributed by atoms with Gasteiger partial charge in [0.25, 0.3) is 0 Å². The van der Waals surface area contributed by atoms with Gasteiger partial charge < -0.3 is 14.2 Å². The van der Waals surface area contributed by atoms with Gasteiger partial charge in [0.15, 0.2) is 0 Å². The lowest BCUT2D eigenvalue weighted by atomic mass is 10.1. The number of hydrogen-bond acceptors (Lipinski definition) is 6. The molecule has 2 aromatic rings. The van der Waals surface area contributed by atoms with Gasteiger partial charge in [-0.1, -0.05) is 23.8 Å². The van der Waals surface area contributed by atoms with Crippen molar-refractivity contribution >= 4 is 24.6 Å². The quantitative estimate of drug-likeness (QED) is 0.445. The van der Waals surface area contributed by atoms with E-state index in [2.05, 4.69) is 12.6 Å². The third kappa shape index (κ3) is 6.60. The summed E-state index contributed by atoms with van der Waals surface area (Å²) in [5.41, 5.74) is 1.95. The van der Waals surface area contributed by atoms with Crippen LogP contribution in [0.4, 0.5) is 0 Å². The number of rotatable bonds is 8. The lowest BCUT2D eigenvalue weighted by molar-refractivity contribution is 0.0151. The van der Waals surface area contributed by atoms with Crippen molar-refractivity contribution in [1.82, 2.24) is 0 Å². The standard InChI is InChI=1S/C19H20O5S/c1-14-4-2-5-15(12-14)18(20)23-10-8-22-9-11-24-19(21)16-6-3-7-17(25)13-16/h2-7,12-13,25H,8-11H2,1H3. The van der Waals surface area contributed by atoms with Gasteiger partial charge in [-0.3, -0.25) is 0 Å². The van der Waals surface area contributed by atoms with Gasteiger partial charge in [0.2, 0.25) is 0 Å². The number of hydrogen-bond donors (Lipinski definition) is 1. The van der Waals surface area contributed by atoms with Gasteiger partial charge in [-0.2, -0.15) is 0 Å². The average Bonchev–Trinajstić information content (AvgIpc) is 2.60. The maximum absolute atomic E-state index is 11.8. The van der Waals surface area contributed by atoms with Crippen LogP contribution in [0, 0.1) is 6.92 Å².